The Hall–Kier alpha value is -0.364. The van der Waals surface area contributed by atoms with Crippen LogP contribution in [0.2, 0.25) is 0 Å². The number of carboxylic acids is 1. The van der Waals surface area contributed by atoms with E-state index in [0.29, 0.717) is 31.5 Å². The van der Waals surface area contributed by atoms with Gasteiger partial charge in [0.1, 0.15) is 5.78 Å². The van der Waals surface area contributed by atoms with E-state index in [1.54, 1.807) is 6.92 Å². The Morgan fingerprint density at radius 3 is 1.30 bits per heavy atom. The molecule has 0 saturated heterocycles. The van der Waals surface area contributed by atoms with Gasteiger partial charge in [-0.15, -0.1) is 0 Å². The van der Waals surface area contributed by atoms with Gasteiger partial charge in [0.25, 0.3) is 0 Å². The van der Waals surface area contributed by atoms with Crippen molar-refractivity contribution in [3.63, 3.8) is 0 Å². The van der Waals surface area contributed by atoms with Crippen LogP contribution in [0.4, 0.5) is 0 Å². The van der Waals surface area contributed by atoms with Crippen LogP contribution in [0, 0.1) is 13.3 Å². The van der Waals surface area contributed by atoms with Gasteiger partial charge in [0.05, 0.1) is 5.92 Å². The Morgan fingerprint density at radius 2 is 0.932 bits per heavy atom. The number of aliphatic carboxylic acids is 1. The summed E-state index contributed by atoms with van der Waals surface area (Å²) in [5.41, 5.74) is 0.403. The number of benzene rings is 1. The minimum Gasteiger partial charge on any atom is -0.481 e. The molecule has 11 heteroatoms. The Labute approximate surface area is 309 Å². The molecule has 244 valence electrons. The zero-order valence-corrected chi connectivity index (χ0v) is 30.9. The van der Waals surface area contributed by atoms with Crippen molar-refractivity contribution in [3.05, 3.63) is 31.2 Å². The smallest absolute Gasteiger partial charge is 0.481 e. The summed E-state index contributed by atoms with van der Waals surface area (Å²) < 4.78 is 0. The van der Waals surface area contributed by atoms with Crippen molar-refractivity contribution in [1.29, 1.82) is 0 Å². The Morgan fingerprint density at radius 1 is 0.591 bits per heavy atom. The van der Waals surface area contributed by atoms with E-state index in [-0.39, 0.29) is 87.0 Å². The van der Waals surface area contributed by atoms with E-state index in [0.717, 1.165) is 57.8 Å². The molecule has 0 fully saturated rings. The maximum atomic E-state index is 12.5. The zero-order valence-electron chi connectivity index (χ0n) is 27.8. The molecule has 1 aromatic carbocycles. The molecule has 0 unspecified atom stereocenters. The van der Waals surface area contributed by atoms with Crippen molar-refractivity contribution in [3.8, 4) is 0 Å². The molecule has 5 N–H and O–H groups in total. The Kier molecular flexibility index (Phi) is 30.0. The van der Waals surface area contributed by atoms with Crippen LogP contribution >= 0.6 is 0 Å². The fraction of sp³-hybridized carbons (Fsp3) is 0.697. The summed E-state index contributed by atoms with van der Waals surface area (Å²) in [5.74, 6) is -0.825. The second kappa shape index (κ2) is 28.8. The number of Topliss-reactive ketones (excluding diaryl/α,β-unsaturated/α-hetero) is 2. The monoisotopic (exact) mass is 642 g/mol. The number of hydrogen-bond acceptors (Lipinski definition) is 7. The quantitative estimate of drug-likeness (QED) is 0.0424. The van der Waals surface area contributed by atoms with Crippen LogP contribution in [-0.2, 0) is 9.59 Å². The molecule has 0 radical (unpaired) electrons. The average Bonchev–Trinajstić information content (AvgIpc) is 2.96. The van der Waals surface area contributed by atoms with Crippen LogP contribution in [0.15, 0.2) is 18.2 Å². The van der Waals surface area contributed by atoms with Crippen molar-refractivity contribution in [2.45, 2.75) is 142 Å². The van der Waals surface area contributed by atoms with Crippen LogP contribution in [0.1, 0.15) is 152 Å². The molecule has 0 aliphatic heterocycles. The van der Waals surface area contributed by atoms with Gasteiger partial charge in [-0.25, -0.2) is 0 Å². The normalized spacial score (nSPS) is 11.3. The fourth-order valence-corrected chi connectivity index (χ4v) is 5.21. The van der Waals surface area contributed by atoms with E-state index >= 15 is 0 Å². The van der Waals surface area contributed by atoms with E-state index in [2.05, 4.69) is 0 Å². The third-order valence-corrected chi connectivity index (χ3v) is 8.02. The molecule has 1 rings (SSSR count). The molecule has 0 amide bonds. The SMILES string of the molecule is C[C@@H](CCCCCC(=O)CCCCCCCCCCCCCCCCC(=O)c1cc(B(O)O)cc(B(O)O)c1)C(=O)O.[CH3-].[K+]. The second-order valence-electron chi connectivity index (χ2n) is 11.9. The third-order valence-electron chi connectivity index (χ3n) is 8.02. The van der Waals surface area contributed by atoms with Gasteiger partial charge in [0.15, 0.2) is 5.78 Å². The van der Waals surface area contributed by atoms with E-state index in [4.69, 9.17) is 5.11 Å². The molecular weight excluding hydrogens is 585 g/mol. The van der Waals surface area contributed by atoms with Gasteiger partial charge in [-0.05, 0) is 36.6 Å². The summed E-state index contributed by atoms with van der Waals surface area (Å²) >= 11 is 0. The Bertz CT molecular complexity index is 888. The van der Waals surface area contributed by atoms with Gasteiger partial charge >= 0.3 is 71.6 Å². The van der Waals surface area contributed by atoms with Gasteiger partial charge in [0, 0.05) is 24.8 Å². The van der Waals surface area contributed by atoms with Gasteiger partial charge in [0.2, 0.25) is 0 Å². The molecule has 0 heterocycles. The number of hydrogen-bond donors (Lipinski definition) is 5. The molecule has 0 aliphatic carbocycles. The predicted molar refractivity (Wildman–Crippen MR) is 176 cm³/mol. The maximum absolute atomic E-state index is 12.5. The van der Waals surface area contributed by atoms with Crippen LogP contribution in [0.3, 0.4) is 0 Å². The largest absolute Gasteiger partial charge is 1.00 e. The number of unbranched alkanes of at least 4 members (excludes halogenated alkanes) is 15. The molecule has 1 aromatic rings. The van der Waals surface area contributed by atoms with Gasteiger partial charge in [-0.2, -0.15) is 0 Å². The molecule has 0 saturated carbocycles. The molecule has 1 atom stereocenters. The van der Waals surface area contributed by atoms with Crippen LogP contribution in [0.5, 0.6) is 0 Å². The van der Waals surface area contributed by atoms with E-state index < -0.39 is 20.2 Å². The third kappa shape index (κ3) is 23.0. The number of carbonyl (C=O) groups is 3. The fourth-order valence-electron chi connectivity index (χ4n) is 5.21. The second-order valence-corrected chi connectivity index (χ2v) is 11.9. The molecule has 44 heavy (non-hydrogen) atoms. The summed E-state index contributed by atoms with van der Waals surface area (Å²) in [7, 11) is -3.56. The van der Waals surface area contributed by atoms with E-state index in [1.165, 1.54) is 69.6 Å². The topological polar surface area (TPSA) is 152 Å². The maximum Gasteiger partial charge on any atom is 1.00 e. The summed E-state index contributed by atoms with van der Waals surface area (Å²) in [6.45, 7) is 1.73. The first kappa shape index (κ1) is 45.8. The molecule has 0 aliphatic rings. The van der Waals surface area contributed by atoms with Crippen LogP contribution in [0.25, 0.3) is 0 Å². The van der Waals surface area contributed by atoms with Crippen molar-refractivity contribution in [1.82, 2.24) is 0 Å². The van der Waals surface area contributed by atoms with Crippen molar-refractivity contribution in [2.24, 2.45) is 5.92 Å². The summed E-state index contributed by atoms with van der Waals surface area (Å²) in [6, 6.07) is 4.05. The van der Waals surface area contributed by atoms with Crippen LogP contribution < -0.4 is 62.3 Å². The van der Waals surface area contributed by atoms with Crippen molar-refractivity contribution < 1.29 is 91.0 Å². The van der Waals surface area contributed by atoms with Gasteiger partial charge < -0.3 is 32.6 Å². The first-order chi connectivity index (χ1) is 20.1. The summed E-state index contributed by atoms with van der Waals surface area (Å²) in [4.78, 5) is 35.3. The van der Waals surface area contributed by atoms with E-state index in [1.807, 2.05) is 0 Å². The first-order valence-electron chi connectivity index (χ1n) is 16.3. The van der Waals surface area contributed by atoms with Crippen molar-refractivity contribution in [2.75, 3.05) is 0 Å². The molecule has 0 spiro atoms. The molecule has 0 bridgehead atoms. The first-order valence-corrected chi connectivity index (χ1v) is 16.3. The van der Waals surface area contributed by atoms with Gasteiger partial charge in [-0.3, -0.25) is 14.4 Å². The minimum absolute atomic E-state index is 0. The average molecular weight is 643 g/mol. The van der Waals surface area contributed by atoms with Crippen LogP contribution in [-0.4, -0.2) is 57.0 Å². The summed E-state index contributed by atoms with van der Waals surface area (Å²) in [5, 5.41) is 46.4. The zero-order chi connectivity index (χ0) is 31.2. The van der Waals surface area contributed by atoms with Gasteiger partial charge in [-0.1, -0.05) is 115 Å². The number of rotatable bonds is 27. The minimum atomic E-state index is -1.78. The van der Waals surface area contributed by atoms with E-state index in [9.17, 15) is 34.5 Å². The molecule has 8 nitrogen and oxygen atoms in total. The molecule has 0 aromatic heterocycles. The van der Waals surface area contributed by atoms with Crippen molar-refractivity contribution >= 4 is 42.7 Å². The Balaban J connectivity index is 0. The molecular formula is C33H57B2KO8. The summed E-state index contributed by atoms with van der Waals surface area (Å²) in [6.07, 6.45) is 21.0. The number of carbonyl (C=O) groups excluding carboxylic acids is 2. The standard InChI is InChI=1S/C32H54B2O8.CH3.K/c1-26(32(37)38)19-15-14-17-21-30(35)20-16-12-10-8-6-4-2-3-5-7-9-11-13-18-22-31(36)27-23-28(33(39)40)25-29(24-27)34(41)42;;/h23-26,39-42H,2-22H2,1H3,(H,37,38);1H3;/q;-1;+1/t26-;;/m0../s1. The number of ketones is 2. The predicted octanol–water partition coefficient (Wildman–Crippen LogP) is 2.17. The number of carboxylic acid groups (broad SMARTS) is 1.